The van der Waals surface area contributed by atoms with E-state index in [1.54, 1.807) is 0 Å². The number of nitrogens with one attached hydrogen (secondary N) is 1. The van der Waals surface area contributed by atoms with Crippen molar-refractivity contribution in [3.05, 3.63) is 40.3 Å². The molecule has 0 radical (unpaired) electrons. The van der Waals surface area contributed by atoms with Crippen molar-refractivity contribution in [1.82, 2.24) is 10.1 Å². The molecule has 0 spiro atoms. The number of nitrogens with zero attached hydrogens (tertiary/aromatic N) is 1. The number of benzene rings is 1. The monoisotopic (exact) mass is 176 g/mol. The molecule has 66 valence electrons. The van der Waals surface area contributed by atoms with Crippen molar-refractivity contribution >= 4 is 0 Å². The van der Waals surface area contributed by atoms with Crippen LogP contribution in [0.4, 0.5) is 0 Å². The lowest BCUT2D eigenvalue weighted by Gasteiger charge is -1.93. The molecule has 2 rings (SSSR count). The third kappa shape index (κ3) is 1.51. The second-order valence-electron chi connectivity index (χ2n) is 2.79. The van der Waals surface area contributed by atoms with E-state index in [0.717, 1.165) is 11.1 Å². The van der Waals surface area contributed by atoms with E-state index in [9.17, 15) is 4.79 Å². The summed E-state index contributed by atoms with van der Waals surface area (Å²) in [7, 11) is 0. The van der Waals surface area contributed by atoms with Crippen molar-refractivity contribution in [3.8, 4) is 11.5 Å². The molecule has 0 amide bonds. The number of aromatic amines is 1. The maximum atomic E-state index is 10.7. The van der Waals surface area contributed by atoms with Gasteiger partial charge in [0.25, 0.3) is 5.89 Å². The summed E-state index contributed by atoms with van der Waals surface area (Å²) in [5.74, 6) is 0.324. The molecule has 2 aromatic rings. The molecular weight excluding hydrogens is 168 g/mol. The van der Waals surface area contributed by atoms with E-state index in [4.69, 9.17) is 4.52 Å². The molecule has 1 aromatic carbocycles. The molecule has 0 aliphatic heterocycles. The average Bonchev–Trinajstić information content (AvgIpc) is 2.53. The van der Waals surface area contributed by atoms with Crippen LogP contribution in [-0.2, 0) is 0 Å². The molecule has 0 bridgehead atoms. The van der Waals surface area contributed by atoms with Crippen LogP contribution in [0.2, 0.25) is 0 Å². The van der Waals surface area contributed by atoms with E-state index < -0.39 is 5.69 Å². The van der Waals surface area contributed by atoms with Gasteiger partial charge in [0.05, 0.1) is 0 Å². The number of rotatable bonds is 1. The first-order valence-electron chi connectivity index (χ1n) is 3.88. The first-order chi connectivity index (χ1) is 6.25. The second kappa shape index (κ2) is 2.90. The third-order valence-electron chi connectivity index (χ3n) is 1.74. The van der Waals surface area contributed by atoms with Crippen molar-refractivity contribution in [3.63, 3.8) is 0 Å². The summed E-state index contributed by atoms with van der Waals surface area (Å²) in [5, 5.41) is 2.14. The Morgan fingerprint density at radius 1 is 1.31 bits per heavy atom. The molecule has 1 aromatic heterocycles. The standard InChI is InChI=1S/C9H8N2O2/c1-6-2-4-7(5-3-6)8-10-9(12)11-13-8/h2-5H,1H3,(H,11,12). The van der Waals surface area contributed by atoms with Crippen LogP contribution in [0, 0.1) is 6.92 Å². The van der Waals surface area contributed by atoms with Crippen molar-refractivity contribution in [2.45, 2.75) is 6.92 Å². The highest BCUT2D eigenvalue weighted by Crippen LogP contribution is 2.14. The smallest absolute Gasteiger partial charge is 0.357 e. The first-order valence-corrected chi connectivity index (χ1v) is 3.88. The number of hydrogen-bond donors (Lipinski definition) is 1. The third-order valence-corrected chi connectivity index (χ3v) is 1.74. The predicted octanol–water partition coefficient (Wildman–Crippen LogP) is 1.34. The average molecular weight is 176 g/mol. The molecule has 4 heteroatoms. The molecule has 0 aliphatic carbocycles. The van der Waals surface area contributed by atoms with Gasteiger partial charge in [-0.25, -0.2) is 4.79 Å². The van der Waals surface area contributed by atoms with Gasteiger partial charge in [0.15, 0.2) is 0 Å². The summed E-state index contributed by atoms with van der Waals surface area (Å²) in [5.41, 5.74) is 1.49. The Morgan fingerprint density at radius 3 is 2.54 bits per heavy atom. The largest absolute Gasteiger partial charge is 0.377 e. The Kier molecular flexibility index (Phi) is 1.73. The van der Waals surface area contributed by atoms with E-state index in [1.165, 1.54) is 0 Å². The summed E-state index contributed by atoms with van der Waals surface area (Å²) in [6, 6.07) is 7.58. The van der Waals surface area contributed by atoms with Gasteiger partial charge in [0, 0.05) is 5.56 Å². The van der Waals surface area contributed by atoms with E-state index >= 15 is 0 Å². The van der Waals surface area contributed by atoms with Gasteiger partial charge in [-0.3, -0.25) is 0 Å². The van der Waals surface area contributed by atoms with Crippen LogP contribution in [0.1, 0.15) is 5.56 Å². The van der Waals surface area contributed by atoms with Gasteiger partial charge in [-0.15, -0.1) is 0 Å². The van der Waals surface area contributed by atoms with Gasteiger partial charge >= 0.3 is 5.69 Å². The van der Waals surface area contributed by atoms with Crippen molar-refractivity contribution in [1.29, 1.82) is 0 Å². The second-order valence-corrected chi connectivity index (χ2v) is 2.79. The van der Waals surface area contributed by atoms with Gasteiger partial charge in [-0.05, 0) is 19.1 Å². The molecule has 4 nitrogen and oxygen atoms in total. The molecular formula is C9H8N2O2. The number of aromatic nitrogens is 2. The van der Waals surface area contributed by atoms with E-state index in [-0.39, 0.29) is 0 Å². The normalized spacial score (nSPS) is 10.2. The number of hydrogen-bond acceptors (Lipinski definition) is 3. The minimum atomic E-state index is -0.462. The van der Waals surface area contributed by atoms with Crippen LogP contribution in [0.25, 0.3) is 11.5 Å². The Bertz CT molecular complexity index is 453. The van der Waals surface area contributed by atoms with Gasteiger partial charge in [-0.2, -0.15) is 10.1 Å². The molecule has 0 saturated heterocycles. The predicted molar refractivity (Wildman–Crippen MR) is 47.3 cm³/mol. The summed E-state index contributed by atoms with van der Waals surface area (Å²) >= 11 is 0. The lowest BCUT2D eigenvalue weighted by Crippen LogP contribution is -1.99. The highest BCUT2D eigenvalue weighted by molar-refractivity contribution is 5.52. The molecule has 0 fully saturated rings. The summed E-state index contributed by atoms with van der Waals surface area (Å²) < 4.78 is 4.84. The Hall–Kier alpha value is -1.84. The SMILES string of the molecule is Cc1ccc(-c2nc(=O)[nH]o2)cc1. The van der Waals surface area contributed by atoms with Crippen LogP contribution in [0.15, 0.2) is 33.6 Å². The molecule has 0 atom stereocenters. The summed E-state index contributed by atoms with van der Waals surface area (Å²) in [4.78, 5) is 14.3. The fourth-order valence-electron chi connectivity index (χ4n) is 1.05. The highest BCUT2D eigenvalue weighted by atomic mass is 16.5. The van der Waals surface area contributed by atoms with Crippen molar-refractivity contribution < 1.29 is 4.52 Å². The quantitative estimate of drug-likeness (QED) is 0.713. The fourth-order valence-corrected chi connectivity index (χ4v) is 1.05. The van der Waals surface area contributed by atoms with Crippen LogP contribution in [-0.4, -0.2) is 10.1 Å². The van der Waals surface area contributed by atoms with Gasteiger partial charge in [0.2, 0.25) is 0 Å². The summed E-state index contributed by atoms with van der Waals surface area (Å²) in [6.07, 6.45) is 0. The molecule has 1 N–H and O–H groups in total. The lowest BCUT2D eigenvalue weighted by atomic mass is 10.1. The van der Waals surface area contributed by atoms with Crippen LogP contribution < -0.4 is 5.69 Å². The maximum Gasteiger partial charge on any atom is 0.377 e. The van der Waals surface area contributed by atoms with Crippen LogP contribution >= 0.6 is 0 Å². The maximum absolute atomic E-state index is 10.7. The topological polar surface area (TPSA) is 58.9 Å². The minimum Gasteiger partial charge on any atom is -0.357 e. The zero-order valence-corrected chi connectivity index (χ0v) is 7.07. The molecule has 1 heterocycles. The molecule has 0 aliphatic rings. The van der Waals surface area contributed by atoms with E-state index in [1.807, 2.05) is 31.2 Å². The zero-order valence-electron chi connectivity index (χ0n) is 7.07. The number of H-pyrrole nitrogens is 1. The van der Waals surface area contributed by atoms with E-state index in [2.05, 4.69) is 10.1 Å². The molecule has 0 unspecified atom stereocenters. The molecule has 13 heavy (non-hydrogen) atoms. The Balaban J connectivity index is 2.47. The number of aryl methyl sites for hydroxylation is 1. The molecule has 0 saturated carbocycles. The van der Waals surface area contributed by atoms with E-state index in [0.29, 0.717) is 5.89 Å². The van der Waals surface area contributed by atoms with Gasteiger partial charge in [-0.1, -0.05) is 17.7 Å². The Labute approximate surface area is 74.2 Å². The lowest BCUT2D eigenvalue weighted by molar-refractivity contribution is 0.424. The zero-order chi connectivity index (χ0) is 9.26. The fraction of sp³-hybridized carbons (Fsp3) is 0.111. The first kappa shape index (κ1) is 7.79. The van der Waals surface area contributed by atoms with Crippen LogP contribution in [0.3, 0.4) is 0 Å². The van der Waals surface area contributed by atoms with Gasteiger partial charge < -0.3 is 4.52 Å². The summed E-state index contributed by atoms with van der Waals surface area (Å²) in [6.45, 7) is 1.99. The van der Waals surface area contributed by atoms with Crippen LogP contribution in [0.5, 0.6) is 0 Å². The van der Waals surface area contributed by atoms with Crippen molar-refractivity contribution in [2.24, 2.45) is 0 Å². The highest BCUT2D eigenvalue weighted by Gasteiger charge is 2.03. The Morgan fingerprint density at radius 2 is 2.00 bits per heavy atom. The van der Waals surface area contributed by atoms with Gasteiger partial charge in [0.1, 0.15) is 0 Å². The van der Waals surface area contributed by atoms with Crippen molar-refractivity contribution in [2.75, 3.05) is 0 Å². The minimum absolute atomic E-state index is 0.324.